The molecule has 0 saturated heterocycles. The molecule has 0 aliphatic heterocycles. The zero-order valence-corrected chi connectivity index (χ0v) is 13.5. The molecule has 1 amide bonds. The third-order valence-electron chi connectivity index (χ3n) is 3.59. The number of rotatable bonds is 6. The van der Waals surface area contributed by atoms with Crippen LogP contribution in [0.15, 0.2) is 48.9 Å². The summed E-state index contributed by atoms with van der Waals surface area (Å²) in [7, 11) is 1.82. The van der Waals surface area contributed by atoms with Crippen LogP contribution in [0.25, 0.3) is 0 Å². The highest BCUT2D eigenvalue weighted by Crippen LogP contribution is 2.11. The number of nitrogens with one attached hydrogen (secondary N) is 1. The van der Waals surface area contributed by atoms with Crippen molar-refractivity contribution in [1.82, 2.24) is 24.9 Å². The number of nitrogens with zero attached hydrogens (tertiary/aromatic N) is 5. The number of aromatic nitrogens is 4. The van der Waals surface area contributed by atoms with E-state index in [1.54, 1.807) is 28.9 Å². The molecule has 3 rings (SSSR count). The van der Waals surface area contributed by atoms with Crippen molar-refractivity contribution in [2.75, 3.05) is 0 Å². The van der Waals surface area contributed by atoms with Gasteiger partial charge in [0.1, 0.15) is 12.4 Å². The summed E-state index contributed by atoms with van der Waals surface area (Å²) in [5, 5.41) is 21.6. The van der Waals surface area contributed by atoms with E-state index in [9.17, 15) is 14.9 Å². The van der Waals surface area contributed by atoms with Crippen LogP contribution in [0.3, 0.4) is 0 Å². The van der Waals surface area contributed by atoms with E-state index in [-0.39, 0.29) is 11.6 Å². The van der Waals surface area contributed by atoms with Gasteiger partial charge in [-0.05, 0) is 23.8 Å². The van der Waals surface area contributed by atoms with Crippen molar-refractivity contribution in [1.29, 1.82) is 0 Å². The van der Waals surface area contributed by atoms with Gasteiger partial charge in [-0.2, -0.15) is 10.2 Å². The molecule has 1 N–H and O–H groups in total. The van der Waals surface area contributed by atoms with Gasteiger partial charge in [-0.3, -0.25) is 24.3 Å². The van der Waals surface area contributed by atoms with E-state index in [2.05, 4.69) is 15.5 Å². The lowest BCUT2D eigenvalue weighted by Gasteiger charge is -2.05. The molecule has 25 heavy (non-hydrogen) atoms. The molecule has 128 valence electrons. The first-order chi connectivity index (χ1) is 12.0. The molecule has 9 nitrogen and oxygen atoms in total. The molecule has 1 aromatic carbocycles. The van der Waals surface area contributed by atoms with Crippen molar-refractivity contribution in [2.24, 2.45) is 7.05 Å². The van der Waals surface area contributed by atoms with E-state index in [0.29, 0.717) is 18.7 Å². The van der Waals surface area contributed by atoms with Crippen molar-refractivity contribution >= 4 is 11.6 Å². The SMILES string of the molecule is Cn1ccc(CNC(=O)c2ccc(Cn3cc([N+](=O)[O-])cn3)cc2)n1. The molecule has 0 fully saturated rings. The van der Waals surface area contributed by atoms with Crippen LogP contribution in [0.5, 0.6) is 0 Å². The number of carbonyl (C=O) groups excluding carboxylic acids is 1. The van der Waals surface area contributed by atoms with Crippen molar-refractivity contribution in [3.63, 3.8) is 0 Å². The number of benzene rings is 1. The predicted octanol–water partition coefficient (Wildman–Crippen LogP) is 1.50. The van der Waals surface area contributed by atoms with E-state index in [4.69, 9.17) is 0 Å². The molecule has 0 spiro atoms. The van der Waals surface area contributed by atoms with E-state index in [0.717, 1.165) is 11.3 Å². The minimum Gasteiger partial charge on any atom is -0.346 e. The maximum absolute atomic E-state index is 12.1. The number of amides is 1. The highest BCUT2D eigenvalue weighted by Gasteiger charge is 2.10. The fourth-order valence-corrected chi connectivity index (χ4v) is 2.31. The molecule has 0 unspecified atom stereocenters. The Labute approximate surface area is 143 Å². The maximum atomic E-state index is 12.1. The number of hydrogen-bond donors (Lipinski definition) is 1. The molecular formula is C16H16N6O3. The second kappa shape index (κ2) is 6.95. The largest absolute Gasteiger partial charge is 0.346 e. The first-order valence-electron chi connectivity index (χ1n) is 7.54. The van der Waals surface area contributed by atoms with Gasteiger partial charge in [-0.15, -0.1) is 0 Å². The number of carbonyl (C=O) groups is 1. The lowest BCUT2D eigenvalue weighted by atomic mass is 10.1. The summed E-state index contributed by atoms with van der Waals surface area (Å²) in [4.78, 5) is 22.3. The zero-order valence-electron chi connectivity index (χ0n) is 13.5. The Morgan fingerprint density at radius 2 is 2.04 bits per heavy atom. The van der Waals surface area contributed by atoms with Crippen LogP contribution in [0, 0.1) is 10.1 Å². The van der Waals surface area contributed by atoms with Gasteiger partial charge in [0.2, 0.25) is 0 Å². The monoisotopic (exact) mass is 340 g/mol. The second-order valence-electron chi connectivity index (χ2n) is 5.51. The highest BCUT2D eigenvalue weighted by atomic mass is 16.6. The molecule has 0 atom stereocenters. The van der Waals surface area contributed by atoms with Gasteiger partial charge in [0, 0.05) is 18.8 Å². The van der Waals surface area contributed by atoms with Crippen LogP contribution < -0.4 is 5.32 Å². The van der Waals surface area contributed by atoms with Crippen LogP contribution in [0.4, 0.5) is 5.69 Å². The van der Waals surface area contributed by atoms with Gasteiger partial charge < -0.3 is 5.32 Å². The van der Waals surface area contributed by atoms with Crippen LogP contribution in [0.1, 0.15) is 21.6 Å². The Bertz CT molecular complexity index is 897. The van der Waals surface area contributed by atoms with E-state index in [1.807, 2.05) is 19.3 Å². The zero-order chi connectivity index (χ0) is 17.8. The molecule has 0 aliphatic rings. The fourth-order valence-electron chi connectivity index (χ4n) is 2.31. The third-order valence-corrected chi connectivity index (χ3v) is 3.59. The summed E-state index contributed by atoms with van der Waals surface area (Å²) >= 11 is 0. The molecule has 9 heteroatoms. The van der Waals surface area contributed by atoms with Crippen LogP contribution >= 0.6 is 0 Å². The average Bonchev–Trinajstić information content (AvgIpc) is 3.22. The van der Waals surface area contributed by atoms with Crippen LogP contribution in [-0.2, 0) is 20.1 Å². The van der Waals surface area contributed by atoms with E-state index in [1.165, 1.54) is 17.1 Å². The first kappa shape index (κ1) is 16.4. The van der Waals surface area contributed by atoms with Crippen molar-refractivity contribution < 1.29 is 9.72 Å². The summed E-state index contributed by atoms with van der Waals surface area (Å²) in [5.41, 5.74) is 2.16. The molecule has 2 aromatic heterocycles. The molecule has 0 aliphatic carbocycles. The average molecular weight is 340 g/mol. The number of nitro groups is 1. The number of aryl methyl sites for hydroxylation is 1. The fraction of sp³-hybridized carbons (Fsp3) is 0.188. The minimum absolute atomic E-state index is 0.0504. The summed E-state index contributed by atoms with van der Waals surface area (Å²) in [5.74, 6) is -0.188. The van der Waals surface area contributed by atoms with Gasteiger partial charge in [-0.1, -0.05) is 12.1 Å². The van der Waals surface area contributed by atoms with Gasteiger partial charge >= 0.3 is 5.69 Å². The molecule has 3 aromatic rings. The van der Waals surface area contributed by atoms with Crippen molar-refractivity contribution in [3.05, 3.63) is 75.9 Å². The lowest BCUT2D eigenvalue weighted by molar-refractivity contribution is -0.385. The summed E-state index contributed by atoms with van der Waals surface area (Å²) in [6, 6.07) is 8.85. The van der Waals surface area contributed by atoms with Crippen LogP contribution in [0.2, 0.25) is 0 Å². The second-order valence-corrected chi connectivity index (χ2v) is 5.51. The quantitative estimate of drug-likeness (QED) is 0.540. The van der Waals surface area contributed by atoms with Crippen molar-refractivity contribution in [3.8, 4) is 0 Å². The Morgan fingerprint density at radius 1 is 1.28 bits per heavy atom. The van der Waals surface area contributed by atoms with E-state index >= 15 is 0 Å². The molecule has 0 saturated carbocycles. The lowest BCUT2D eigenvalue weighted by Crippen LogP contribution is -2.23. The standard InChI is InChI=1S/C16H16N6O3/c1-20-7-6-14(19-20)8-17-16(23)13-4-2-12(3-5-13)10-21-11-15(9-18-21)22(24)25/h2-7,9,11H,8,10H2,1H3,(H,17,23). The third kappa shape index (κ3) is 4.08. The highest BCUT2D eigenvalue weighted by molar-refractivity contribution is 5.94. The van der Waals surface area contributed by atoms with Gasteiger partial charge in [0.25, 0.3) is 5.91 Å². The summed E-state index contributed by atoms with van der Waals surface area (Å²) < 4.78 is 3.16. The van der Waals surface area contributed by atoms with Gasteiger partial charge in [0.15, 0.2) is 0 Å². The Kier molecular flexibility index (Phi) is 4.55. The van der Waals surface area contributed by atoms with Gasteiger partial charge in [-0.25, -0.2) is 0 Å². The summed E-state index contributed by atoms with van der Waals surface area (Å²) in [6.07, 6.45) is 4.39. The van der Waals surface area contributed by atoms with Gasteiger partial charge in [0.05, 0.1) is 23.7 Å². The van der Waals surface area contributed by atoms with E-state index < -0.39 is 4.92 Å². The first-order valence-corrected chi connectivity index (χ1v) is 7.54. The molecule has 0 radical (unpaired) electrons. The Morgan fingerprint density at radius 3 is 2.64 bits per heavy atom. The molecule has 2 heterocycles. The molecular weight excluding hydrogens is 324 g/mol. The Hall–Kier alpha value is -3.49. The van der Waals surface area contributed by atoms with Crippen molar-refractivity contribution in [2.45, 2.75) is 13.1 Å². The topological polar surface area (TPSA) is 108 Å². The van der Waals surface area contributed by atoms with Crippen LogP contribution in [-0.4, -0.2) is 30.4 Å². The Balaban J connectivity index is 1.59. The number of hydrogen-bond acceptors (Lipinski definition) is 5. The normalized spacial score (nSPS) is 10.6. The molecule has 0 bridgehead atoms. The smallest absolute Gasteiger partial charge is 0.307 e. The predicted molar refractivity (Wildman–Crippen MR) is 88.8 cm³/mol. The summed E-state index contributed by atoms with van der Waals surface area (Å²) in [6.45, 7) is 0.752. The minimum atomic E-state index is -0.488. The maximum Gasteiger partial charge on any atom is 0.307 e.